The van der Waals surface area contributed by atoms with E-state index in [2.05, 4.69) is 0 Å². The van der Waals surface area contributed by atoms with Crippen molar-refractivity contribution in [2.75, 3.05) is 0 Å². The van der Waals surface area contributed by atoms with Crippen molar-refractivity contribution < 1.29 is 18.7 Å². The molecule has 2 atom stereocenters. The Morgan fingerprint density at radius 1 is 1.11 bits per heavy atom. The van der Waals surface area contributed by atoms with Crippen molar-refractivity contribution in [1.29, 1.82) is 0 Å². The van der Waals surface area contributed by atoms with Crippen LogP contribution < -0.4 is 0 Å². The summed E-state index contributed by atoms with van der Waals surface area (Å²) in [5, 5.41) is 9.25. The molecular formula is C14H16F2O2. The summed E-state index contributed by atoms with van der Waals surface area (Å²) in [6, 6.07) is 3.72. The average molecular weight is 254 g/mol. The van der Waals surface area contributed by atoms with Crippen LogP contribution in [-0.2, 0) is 4.79 Å². The summed E-state index contributed by atoms with van der Waals surface area (Å²) in [6.45, 7) is 0. The van der Waals surface area contributed by atoms with Crippen LogP contribution >= 0.6 is 0 Å². The molecule has 0 radical (unpaired) electrons. The SMILES string of the molecule is O=C(O)C1CCCCCC1c1ccc(F)c(F)c1. The van der Waals surface area contributed by atoms with E-state index in [4.69, 9.17) is 0 Å². The predicted molar refractivity (Wildman–Crippen MR) is 63.3 cm³/mol. The molecule has 2 unspecified atom stereocenters. The maximum atomic E-state index is 13.2. The number of hydrogen-bond acceptors (Lipinski definition) is 1. The third-order valence-electron chi connectivity index (χ3n) is 3.70. The van der Waals surface area contributed by atoms with Crippen molar-refractivity contribution in [3.05, 3.63) is 35.4 Å². The van der Waals surface area contributed by atoms with Gasteiger partial charge in [0.25, 0.3) is 0 Å². The summed E-state index contributed by atoms with van der Waals surface area (Å²) >= 11 is 0. The van der Waals surface area contributed by atoms with Crippen LogP contribution in [0, 0.1) is 17.6 Å². The number of carbonyl (C=O) groups is 1. The highest BCUT2D eigenvalue weighted by atomic mass is 19.2. The molecule has 1 aliphatic carbocycles. The molecule has 1 saturated carbocycles. The van der Waals surface area contributed by atoms with E-state index in [0.717, 1.165) is 37.8 Å². The fourth-order valence-corrected chi connectivity index (χ4v) is 2.75. The maximum absolute atomic E-state index is 13.2. The van der Waals surface area contributed by atoms with Gasteiger partial charge < -0.3 is 5.11 Å². The number of rotatable bonds is 2. The second kappa shape index (κ2) is 5.46. The Bertz CT molecular complexity index is 445. The molecule has 0 aliphatic heterocycles. The van der Waals surface area contributed by atoms with Gasteiger partial charge in [-0.25, -0.2) is 8.78 Å². The summed E-state index contributed by atoms with van der Waals surface area (Å²) < 4.78 is 26.2. The smallest absolute Gasteiger partial charge is 0.307 e. The predicted octanol–water partition coefficient (Wildman–Crippen LogP) is 3.71. The molecule has 0 aromatic heterocycles. The standard InChI is InChI=1S/C14H16F2O2/c15-12-7-6-9(8-13(12)16)10-4-2-1-3-5-11(10)14(17)18/h6-8,10-11H,1-5H2,(H,17,18). The fourth-order valence-electron chi connectivity index (χ4n) is 2.75. The minimum Gasteiger partial charge on any atom is -0.481 e. The van der Waals surface area contributed by atoms with E-state index in [-0.39, 0.29) is 5.92 Å². The van der Waals surface area contributed by atoms with Crippen LogP contribution in [0.5, 0.6) is 0 Å². The molecule has 0 heterocycles. The molecule has 0 amide bonds. The van der Waals surface area contributed by atoms with Crippen LogP contribution in [0.25, 0.3) is 0 Å². The van der Waals surface area contributed by atoms with Gasteiger partial charge in [0.2, 0.25) is 0 Å². The molecule has 0 saturated heterocycles. The second-order valence-corrected chi connectivity index (χ2v) is 4.86. The highest BCUT2D eigenvalue weighted by molar-refractivity contribution is 5.71. The van der Waals surface area contributed by atoms with Gasteiger partial charge in [0.05, 0.1) is 5.92 Å². The topological polar surface area (TPSA) is 37.3 Å². The van der Waals surface area contributed by atoms with Gasteiger partial charge in [-0.2, -0.15) is 0 Å². The highest BCUT2D eigenvalue weighted by Crippen LogP contribution is 2.37. The zero-order valence-electron chi connectivity index (χ0n) is 10.0. The Morgan fingerprint density at radius 2 is 1.83 bits per heavy atom. The third-order valence-corrected chi connectivity index (χ3v) is 3.70. The van der Waals surface area contributed by atoms with Crippen LogP contribution in [-0.4, -0.2) is 11.1 Å². The van der Waals surface area contributed by atoms with Crippen LogP contribution in [0.3, 0.4) is 0 Å². The minimum atomic E-state index is -0.902. The van der Waals surface area contributed by atoms with Gasteiger partial charge in [-0.1, -0.05) is 25.3 Å². The Kier molecular flexibility index (Phi) is 3.94. The molecule has 1 aromatic rings. The van der Waals surface area contributed by atoms with Crippen molar-refractivity contribution in [3.8, 4) is 0 Å². The second-order valence-electron chi connectivity index (χ2n) is 4.86. The van der Waals surface area contributed by atoms with Gasteiger partial charge in [-0.3, -0.25) is 4.79 Å². The molecule has 18 heavy (non-hydrogen) atoms. The molecule has 0 bridgehead atoms. The van der Waals surface area contributed by atoms with E-state index in [1.54, 1.807) is 0 Å². The molecule has 1 aromatic carbocycles. The van der Waals surface area contributed by atoms with Crippen LogP contribution in [0.2, 0.25) is 0 Å². The van der Waals surface area contributed by atoms with E-state index < -0.39 is 23.5 Å². The van der Waals surface area contributed by atoms with Crippen LogP contribution in [0.1, 0.15) is 43.6 Å². The Hall–Kier alpha value is -1.45. The van der Waals surface area contributed by atoms with E-state index in [1.807, 2.05) is 0 Å². The number of carboxylic acid groups (broad SMARTS) is 1. The lowest BCUT2D eigenvalue weighted by molar-refractivity contribution is -0.142. The minimum absolute atomic E-state index is 0.208. The summed E-state index contributed by atoms with van der Waals surface area (Å²) in [6.07, 6.45) is 4.16. The first-order chi connectivity index (χ1) is 8.59. The Balaban J connectivity index is 2.31. The first-order valence-corrected chi connectivity index (χ1v) is 6.27. The summed E-state index contributed by atoms with van der Waals surface area (Å²) in [5.74, 6) is -3.33. The zero-order chi connectivity index (χ0) is 13.1. The zero-order valence-corrected chi connectivity index (χ0v) is 10.0. The van der Waals surface area contributed by atoms with Crippen molar-refractivity contribution in [2.24, 2.45) is 5.92 Å². The van der Waals surface area contributed by atoms with Gasteiger partial charge in [-0.15, -0.1) is 0 Å². The van der Waals surface area contributed by atoms with Gasteiger partial charge in [0.1, 0.15) is 0 Å². The molecular weight excluding hydrogens is 238 g/mol. The lowest BCUT2D eigenvalue weighted by atomic mass is 9.82. The fraction of sp³-hybridized carbons (Fsp3) is 0.500. The summed E-state index contributed by atoms with van der Waals surface area (Å²) in [4.78, 5) is 11.3. The Morgan fingerprint density at radius 3 is 2.50 bits per heavy atom. The normalized spacial score (nSPS) is 24.6. The summed E-state index contributed by atoms with van der Waals surface area (Å²) in [7, 11) is 0. The third kappa shape index (κ3) is 2.68. The van der Waals surface area contributed by atoms with Crippen molar-refractivity contribution >= 4 is 5.97 Å². The first kappa shape index (κ1) is 13.0. The van der Waals surface area contributed by atoms with Crippen molar-refractivity contribution in [3.63, 3.8) is 0 Å². The number of benzene rings is 1. The molecule has 4 heteroatoms. The largest absolute Gasteiger partial charge is 0.481 e. The van der Waals surface area contributed by atoms with Gasteiger partial charge >= 0.3 is 5.97 Å². The monoisotopic (exact) mass is 254 g/mol. The van der Waals surface area contributed by atoms with Crippen LogP contribution in [0.4, 0.5) is 8.78 Å². The molecule has 2 nitrogen and oxygen atoms in total. The number of halogens is 2. The van der Waals surface area contributed by atoms with Crippen LogP contribution in [0.15, 0.2) is 18.2 Å². The number of aliphatic carboxylic acids is 1. The van der Waals surface area contributed by atoms with E-state index >= 15 is 0 Å². The molecule has 0 spiro atoms. The number of hydrogen-bond donors (Lipinski definition) is 1. The number of carboxylic acids is 1. The molecule has 1 fully saturated rings. The molecule has 98 valence electrons. The van der Waals surface area contributed by atoms with Crippen molar-refractivity contribution in [1.82, 2.24) is 0 Å². The first-order valence-electron chi connectivity index (χ1n) is 6.27. The van der Waals surface area contributed by atoms with E-state index in [1.165, 1.54) is 6.07 Å². The van der Waals surface area contributed by atoms with Crippen molar-refractivity contribution in [2.45, 2.75) is 38.0 Å². The maximum Gasteiger partial charge on any atom is 0.307 e. The van der Waals surface area contributed by atoms with E-state index in [9.17, 15) is 18.7 Å². The lowest BCUT2D eigenvalue weighted by Gasteiger charge is -2.22. The quantitative estimate of drug-likeness (QED) is 0.817. The molecule has 1 N–H and O–H groups in total. The highest BCUT2D eigenvalue weighted by Gasteiger charge is 2.30. The van der Waals surface area contributed by atoms with Gasteiger partial charge in [0, 0.05) is 0 Å². The van der Waals surface area contributed by atoms with Gasteiger partial charge in [0.15, 0.2) is 11.6 Å². The molecule has 1 aliphatic rings. The lowest BCUT2D eigenvalue weighted by Crippen LogP contribution is -2.21. The van der Waals surface area contributed by atoms with E-state index in [0.29, 0.717) is 12.0 Å². The Labute approximate surface area is 105 Å². The average Bonchev–Trinajstić information content (AvgIpc) is 2.58. The molecule has 2 rings (SSSR count). The summed E-state index contributed by atoms with van der Waals surface area (Å²) in [5.41, 5.74) is 0.600. The van der Waals surface area contributed by atoms with Gasteiger partial charge in [-0.05, 0) is 36.5 Å².